The maximum atomic E-state index is 12.6. The lowest BCUT2D eigenvalue weighted by molar-refractivity contribution is -0.121. The normalized spacial score (nSPS) is 18.1. The van der Waals surface area contributed by atoms with Gasteiger partial charge in [0.2, 0.25) is 17.1 Å². The molecule has 0 aliphatic carbocycles. The summed E-state index contributed by atoms with van der Waals surface area (Å²) in [5.41, 5.74) is -0.215. The molecular weight excluding hydrogens is 414 g/mol. The number of methoxy groups -OCH3 is 1. The van der Waals surface area contributed by atoms with Gasteiger partial charge in [-0.25, -0.2) is 8.42 Å². The number of phenols is 1. The van der Waals surface area contributed by atoms with Crippen LogP contribution in [0.3, 0.4) is 0 Å². The molecule has 30 heavy (non-hydrogen) atoms. The van der Waals surface area contributed by atoms with Crippen LogP contribution in [0.2, 0.25) is 0 Å². The Labute approximate surface area is 172 Å². The van der Waals surface area contributed by atoms with Crippen molar-refractivity contribution in [2.75, 3.05) is 12.9 Å². The van der Waals surface area contributed by atoms with Crippen LogP contribution in [0.5, 0.6) is 17.2 Å². The largest absolute Gasteiger partial charge is 0.504 e. The third kappa shape index (κ3) is 4.65. The molecular formula is C20H21NO8S. The summed E-state index contributed by atoms with van der Waals surface area (Å²) < 4.78 is 33.8. The van der Waals surface area contributed by atoms with Crippen LogP contribution in [0.25, 0.3) is 0 Å². The predicted molar refractivity (Wildman–Crippen MR) is 107 cm³/mol. The average Bonchev–Trinajstić information content (AvgIpc) is 3.01. The molecule has 2 aromatic rings. The molecule has 0 bridgehead atoms. The highest BCUT2D eigenvalue weighted by atomic mass is 32.2. The van der Waals surface area contributed by atoms with Gasteiger partial charge in [0.1, 0.15) is 5.76 Å². The lowest BCUT2D eigenvalue weighted by Crippen LogP contribution is -2.36. The zero-order valence-electron chi connectivity index (χ0n) is 16.3. The molecule has 1 aromatic carbocycles. The topological polar surface area (TPSA) is 143 Å². The summed E-state index contributed by atoms with van der Waals surface area (Å²) in [4.78, 5) is 24.7. The Hall–Kier alpha value is -3.27. The van der Waals surface area contributed by atoms with Crippen LogP contribution < -0.4 is 15.5 Å². The molecule has 0 fully saturated rings. The van der Waals surface area contributed by atoms with Crippen molar-refractivity contribution in [3.63, 3.8) is 0 Å². The van der Waals surface area contributed by atoms with Gasteiger partial charge in [-0.3, -0.25) is 9.59 Å². The number of aromatic hydroxyl groups is 2. The van der Waals surface area contributed by atoms with Crippen molar-refractivity contribution >= 4 is 15.7 Å². The fourth-order valence-corrected chi connectivity index (χ4v) is 4.49. The lowest BCUT2D eigenvalue weighted by atomic mass is 9.91. The minimum Gasteiger partial charge on any atom is -0.504 e. The fraction of sp³-hybridized carbons (Fsp3) is 0.300. The molecule has 2 atom stereocenters. The first-order chi connectivity index (χ1) is 14.1. The Bertz CT molecular complexity index is 1170. The third-order valence-electron chi connectivity index (χ3n) is 4.66. The maximum Gasteiger partial charge on any atom is 0.227 e. The lowest BCUT2D eigenvalue weighted by Gasteiger charge is -2.19. The van der Waals surface area contributed by atoms with E-state index in [4.69, 9.17) is 9.15 Å². The summed E-state index contributed by atoms with van der Waals surface area (Å²) in [6, 6.07) is 4.79. The summed E-state index contributed by atoms with van der Waals surface area (Å²) in [7, 11) is -1.99. The molecule has 1 aliphatic rings. The van der Waals surface area contributed by atoms with E-state index in [1.165, 1.54) is 38.3 Å². The molecule has 0 radical (unpaired) electrons. The van der Waals surface area contributed by atoms with Gasteiger partial charge in [0.25, 0.3) is 0 Å². The van der Waals surface area contributed by atoms with E-state index < -0.39 is 38.9 Å². The minimum absolute atomic E-state index is 0.113. The molecule has 1 amide bonds. The zero-order chi connectivity index (χ0) is 22.1. The number of nitrogens with one attached hydrogen (secondary N) is 1. The van der Waals surface area contributed by atoms with Crippen molar-refractivity contribution in [2.45, 2.75) is 25.3 Å². The average molecular weight is 435 g/mol. The van der Waals surface area contributed by atoms with Crippen LogP contribution >= 0.6 is 0 Å². The highest BCUT2D eigenvalue weighted by molar-refractivity contribution is 7.94. The smallest absolute Gasteiger partial charge is 0.227 e. The van der Waals surface area contributed by atoms with E-state index in [0.29, 0.717) is 5.56 Å². The number of hydrogen-bond donors (Lipinski definition) is 3. The fourth-order valence-electron chi connectivity index (χ4n) is 3.25. The second kappa shape index (κ2) is 8.23. The second-order valence-corrected chi connectivity index (χ2v) is 8.89. The number of rotatable bonds is 6. The van der Waals surface area contributed by atoms with Crippen molar-refractivity contribution in [1.29, 1.82) is 0 Å². The van der Waals surface area contributed by atoms with Gasteiger partial charge in [0, 0.05) is 17.9 Å². The van der Waals surface area contributed by atoms with E-state index in [1.807, 2.05) is 0 Å². The first-order valence-electron chi connectivity index (χ1n) is 9.00. The van der Waals surface area contributed by atoms with Crippen LogP contribution in [-0.2, 0) is 14.6 Å². The standard InChI is InChI=1S/C20H21NO8S/c1-11-7-16(23)19(25)20(29-11)14(12-3-4-15(22)17(8-12)28-2)9-18(24)21-13-5-6-30(26,27)10-13/h3-8,13-14,22,25H,9-10H2,1-2H3,(H,21,24)/t13-,14-/m0/s1. The van der Waals surface area contributed by atoms with Gasteiger partial charge in [-0.1, -0.05) is 6.07 Å². The van der Waals surface area contributed by atoms with Crippen molar-refractivity contribution in [1.82, 2.24) is 5.32 Å². The first-order valence-corrected chi connectivity index (χ1v) is 10.7. The Kier molecular flexibility index (Phi) is 5.88. The molecule has 3 N–H and O–H groups in total. The van der Waals surface area contributed by atoms with Crippen molar-refractivity contribution in [3.8, 4) is 17.2 Å². The molecule has 0 saturated heterocycles. The van der Waals surface area contributed by atoms with Crippen molar-refractivity contribution in [2.24, 2.45) is 0 Å². The molecule has 3 rings (SSSR count). The van der Waals surface area contributed by atoms with Crippen molar-refractivity contribution < 1.29 is 32.6 Å². The SMILES string of the molecule is COc1cc([C@H](CC(=O)N[C@H]2C=CS(=O)(=O)C2)c2oc(C)cc(=O)c2O)ccc1O. The molecule has 1 aromatic heterocycles. The van der Waals surface area contributed by atoms with E-state index in [9.17, 15) is 28.2 Å². The number of phenolic OH excluding ortho intramolecular Hbond substituents is 1. The zero-order valence-corrected chi connectivity index (χ0v) is 17.1. The number of hydrogen-bond acceptors (Lipinski definition) is 8. The summed E-state index contributed by atoms with van der Waals surface area (Å²) in [5, 5.41) is 23.8. The number of carbonyl (C=O) groups excluding carboxylic acids is 1. The van der Waals surface area contributed by atoms with Crippen molar-refractivity contribution in [3.05, 3.63) is 63.1 Å². The molecule has 10 heteroatoms. The van der Waals surface area contributed by atoms with Gasteiger partial charge in [0.05, 0.1) is 24.8 Å². The van der Waals surface area contributed by atoms with Gasteiger partial charge in [-0.05, 0) is 30.7 Å². The third-order valence-corrected chi connectivity index (χ3v) is 6.06. The van der Waals surface area contributed by atoms with E-state index in [2.05, 4.69) is 5.32 Å². The number of ether oxygens (including phenoxy) is 1. The van der Waals surface area contributed by atoms with E-state index in [-0.39, 0.29) is 35.2 Å². The predicted octanol–water partition coefficient (Wildman–Crippen LogP) is 1.32. The monoisotopic (exact) mass is 435 g/mol. The quantitative estimate of drug-likeness (QED) is 0.616. The number of sulfone groups is 1. The van der Waals surface area contributed by atoms with E-state index in [1.54, 1.807) is 0 Å². The molecule has 1 aliphatic heterocycles. The molecule has 0 saturated carbocycles. The Morgan fingerprint density at radius 3 is 2.70 bits per heavy atom. The number of aryl methyl sites for hydroxylation is 1. The molecule has 0 unspecified atom stereocenters. The van der Waals surface area contributed by atoms with Crippen LogP contribution in [0.1, 0.15) is 29.4 Å². The van der Waals surface area contributed by atoms with Gasteiger partial charge in [-0.2, -0.15) is 0 Å². The highest BCUT2D eigenvalue weighted by Crippen LogP contribution is 2.37. The summed E-state index contributed by atoms with van der Waals surface area (Å²) in [6.07, 6.45) is 1.13. The van der Waals surface area contributed by atoms with Crippen LogP contribution in [-0.4, -0.2) is 43.4 Å². The minimum atomic E-state index is -3.35. The second-order valence-electron chi connectivity index (χ2n) is 6.95. The number of carbonyl (C=O) groups is 1. The summed E-state index contributed by atoms with van der Waals surface area (Å²) >= 11 is 0. The first kappa shape index (κ1) is 21.4. The van der Waals surface area contributed by atoms with Gasteiger partial charge in [0.15, 0.2) is 27.1 Å². The van der Waals surface area contributed by atoms with Gasteiger partial charge < -0.3 is 24.7 Å². The molecule has 160 valence electrons. The van der Waals surface area contributed by atoms with Crippen LogP contribution in [0.15, 0.2) is 45.0 Å². The van der Waals surface area contributed by atoms with Gasteiger partial charge in [-0.15, -0.1) is 0 Å². The van der Waals surface area contributed by atoms with Gasteiger partial charge >= 0.3 is 0 Å². The Morgan fingerprint density at radius 2 is 2.07 bits per heavy atom. The Balaban J connectivity index is 1.97. The summed E-state index contributed by atoms with van der Waals surface area (Å²) in [5.74, 6) is -2.13. The number of benzene rings is 1. The van der Waals surface area contributed by atoms with E-state index in [0.717, 1.165) is 11.5 Å². The van der Waals surface area contributed by atoms with Crippen LogP contribution in [0.4, 0.5) is 0 Å². The molecule has 9 nitrogen and oxygen atoms in total. The van der Waals surface area contributed by atoms with Crippen LogP contribution in [0, 0.1) is 6.92 Å². The summed E-state index contributed by atoms with van der Waals surface area (Å²) in [6.45, 7) is 1.53. The maximum absolute atomic E-state index is 12.6. The molecule has 0 spiro atoms. The Morgan fingerprint density at radius 1 is 1.33 bits per heavy atom. The highest BCUT2D eigenvalue weighted by Gasteiger charge is 2.29. The molecule has 2 heterocycles. The number of amides is 1. The van der Waals surface area contributed by atoms with E-state index >= 15 is 0 Å².